The summed E-state index contributed by atoms with van der Waals surface area (Å²) in [6.07, 6.45) is 0.687. The number of amides is 1. The van der Waals surface area contributed by atoms with Crippen LogP contribution in [0, 0.1) is 20.8 Å². The average Bonchev–Trinajstić information content (AvgIpc) is 3.33. The Hall–Kier alpha value is -2.94. The quantitative estimate of drug-likeness (QED) is 0.675. The first-order valence-corrected chi connectivity index (χ1v) is 11.7. The highest BCUT2D eigenvalue weighted by molar-refractivity contribution is 7.91. The van der Waals surface area contributed by atoms with E-state index >= 15 is 0 Å². The van der Waals surface area contributed by atoms with Gasteiger partial charge >= 0.3 is 0 Å². The standard InChI is InChI=1S/C21H25N5O3S/c1-14-11-20(26(23-14)18-9-10-30(28,29)13-18)22-21(27)12-19-15(2)24-25(16(19)3)17-7-5-4-6-8-17/h4-8,11,18H,9-10,12-13H2,1-3H3,(H,22,27). The van der Waals surface area contributed by atoms with Gasteiger partial charge in [0.05, 0.1) is 41.0 Å². The minimum absolute atomic E-state index is 0.0546. The number of aromatic nitrogens is 4. The van der Waals surface area contributed by atoms with Crippen molar-refractivity contribution in [2.24, 2.45) is 0 Å². The molecule has 0 radical (unpaired) electrons. The summed E-state index contributed by atoms with van der Waals surface area (Å²) < 4.78 is 27.2. The van der Waals surface area contributed by atoms with Crippen molar-refractivity contribution in [3.63, 3.8) is 0 Å². The molecule has 1 aliphatic heterocycles. The molecule has 1 amide bonds. The maximum atomic E-state index is 12.8. The van der Waals surface area contributed by atoms with Crippen LogP contribution in [-0.4, -0.2) is 45.4 Å². The predicted octanol–water partition coefficient (Wildman–Crippen LogP) is 2.53. The number of aryl methyl sites for hydroxylation is 2. The van der Waals surface area contributed by atoms with Gasteiger partial charge in [-0.15, -0.1) is 0 Å². The van der Waals surface area contributed by atoms with Crippen molar-refractivity contribution in [3.8, 4) is 5.69 Å². The van der Waals surface area contributed by atoms with Gasteiger partial charge in [0.1, 0.15) is 5.82 Å². The molecule has 1 N–H and O–H groups in total. The number of nitrogens with zero attached hydrogens (tertiary/aromatic N) is 4. The van der Waals surface area contributed by atoms with E-state index in [0.29, 0.717) is 12.2 Å². The first-order chi connectivity index (χ1) is 14.2. The molecule has 3 heterocycles. The third-order valence-corrected chi connectivity index (χ3v) is 7.21. The van der Waals surface area contributed by atoms with Crippen LogP contribution in [0.15, 0.2) is 36.4 Å². The van der Waals surface area contributed by atoms with E-state index in [1.165, 1.54) is 0 Å². The van der Waals surface area contributed by atoms with Gasteiger partial charge in [-0.3, -0.25) is 4.79 Å². The van der Waals surface area contributed by atoms with Crippen molar-refractivity contribution >= 4 is 21.6 Å². The highest BCUT2D eigenvalue weighted by atomic mass is 32.2. The Morgan fingerprint density at radius 1 is 1.17 bits per heavy atom. The Bertz CT molecular complexity index is 1190. The largest absolute Gasteiger partial charge is 0.311 e. The zero-order valence-electron chi connectivity index (χ0n) is 17.3. The number of benzene rings is 1. The van der Waals surface area contributed by atoms with Crippen LogP contribution in [0.2, 0.25) is 0 Å². The SMILES string of the molecule is Cc1cc(NC(=O)Cc2c(C)nn(-c3ccccc3)c2C)n(C2CCS(=O)(=O)C2)n1. The topological polar surface area (TPSA) is 98.9 Å². The van der Waals surface area contributed by atoms with Gasteiger partial charge < -0.3 is 5.32 Å². The number of para-hydroxylation sites is 1. The fourth-order valence-corrected chi connectivity index (χ4v) is 5.65. The van der Waals surface area contributed by atoms with Crippen molar-refractivity contribution in [2.75, 3.05) is 16.8 Å². The zero-order chi connectivity index (χ0) is 21.5. The Morgan fingerprint density at radius 3 is 2.57 bits per heavy atom. The lowest BCUT2D eigenvalue weighted by molar-refractivity contribution is -0.115. The van der Waals surface area contributed by atoms with Crippen LogP contribution in [0.25, 0.3) is 5.69 Å². The average molecular weight is 428 g/mol. The molecule has 1 aromatic carbocycles. The van der Waals surface area contributed by atoms with Crippen LogP contribution < -0.4 is 5.32 Å². The zero-order valence-corrected chi connectivity index (χ0v) is 18.1. The molecule has 1 saturated heterocycles. The van der Waals surface area contributed by atoms with Gasteiger partial charge in [0.25, 0.3) is 0 Å². The summed E-state index contributed by atoms with van der Waals surface area (Å²) in [5, 5.41) is 11.9. The summed E-state index contributed by atoms with van der Waals surface area (Å²) in [5.74, 6) is 0.557. The van der Waals surface area contributed by atoms with E-state index in [2.05, 4.69) is 15.5 Å². The van der Waals surface area contributed by atoms with Gasteiger partial charge in [-0.05, 0) is 39.3 Å². The van der Waals surface area contributed by atoms with E-state index in [4.69, 9.17) is 0 Å². The number of anilines is 1. The molecule has 0 aliphatic carbocycles. The molecule has 0 spiro atoms. The third-order valence-electron chi connectivity index (χ3n) is 5.46. The fraction of sp³-hybridized carbons (Fsp3) is 0.381. The second-order valence-corrected chi connectivity index (χ2v) is 10.0. The second-order valence-electron chi connectivity index (χ2n) is 7.79. The second kappa shape index (κ2) is 7.71. The van der Waals surface area contributed by atoms with Crippen LogP contribution in [0.1, 0.15) is 35.1 Å². The number of rotatable bonds is 5. The number of carbonyl (C=O) groups excluding carboxylic acids is 1. The molecule has 4 rings (SSSR count). The van der Waals surface area contributed by atoms with Crippen molar-refractivity contribution in [1.82, 2.24) is 19.6 Å². The van der Waals surface area contributed by atoms with Crippen LogP contribution in [0.4, 0.5) is 5.82 Å². The molecule has 158 valence electrons. The normalized spacial score (nSPS) is 17.9. The van der Waals surface area contributed by atoms with Gasteiger partial charge in [-0.1, -0.05) is 18.2 Å². The molecular weight excluding hydrogens is 402 g/mol. The van der Waals surface area contributed by atoms with E-state index in [9.17, 15) is 13.2 Å². The first kappa shape index (κ1) is 20.3. The maximum absolute atomic E-state index is 12.8. The van der Waals surface area contributed by atoms with Crippen LogP contribution in [-0.2, 0) is 21.1 Å². The molecule has 1 unspecified atom stereocenters. The minimum Gasteiger partial charge on any atom is -0.311 e. The molecule has 1 aliphatic rings. The molecule has 1 fully saturated rings. The fourth-order valence-electron chi connectivity index (χ4n) is 3.96. The Balaban J connectivity index is 1.54. The lowest BCUT2D eigenvalue weighted by Crippen LogP contribution is -2.21. The van der Waals surface area contributed by atoms with Gasteiger partial charge in [0.2, 0.25) is 5.91 Å². The van der Waals surface area contributed by atoms with Crippen molar-refractivity contribution < 1.29 is 13.2 Å². The summed E-state index contributed by atoms with van der Waals surface area (Å²) in [4.78, 5) is 12.8. The summed E-state index contributed by atoms with van der Waals surface area (Å²) in [6.45, 7) is 5.67. The Morgan fingerprint density at radius 2 is 1.90 bits per heavy atom. The maximum Gasteiger partial charge on any atom is 0.230 e. The molecule has 2 aromatic heterocycles. The van der Waals surface area contributed by atoms with Crippen molar-refractivity contribution in [1.29, 1.82) is 0 Å². The molecule has 1 atom stereocenters. The Labute approximate surface area is 175 Å². The number of sulfone groups is 1. The van der Waals surface area contributed by atoms with E-state index in [1.54, 1.807) is 10.7 Å². The summed E-state index contributed by atoms with van der Waals surface area (Å²) in [6, 6.07) is 11.3. The van der Waals surface area contributed by atoms with E-state index in [0.717, 1.165) is 28.3 Å². The van der Waals surface area contributed by atoms with Crippen LogP contribution in [0.3, 0.4) is 0 Å². The van der Waals surface area contributed by atoms with E-state index < -0.39 is 9.84 Å². The molecule has 3 aromatic rings. The highest BCUT2D eigenvalue weighted by Gasteiger charge is 2.31. The number of hydrogen-bond acceptors (Lipinski definition) is 5. The summed E-state index contributed by atoms with van der Waals surface area (Å²) >= 11 is 0. The number of nitrogens with one attached hydrogen (secondary N) is 1. The summed E-state index contributed by atoms with van der Waals surface area (Å²) in [7, 11) is -3.05. The first-order valence-electron chi connectivity index (χ1n) is 9.90. The molecule has 8 nitrogen and oxygen atoms in total. The monoisotopic (exact) mass is 427 g/mol. The highest BCUT2D eigenvalue weighted by Crippen LogP contribution is 2.27. The summed E-state index contributed by atoms with van der Waals surface area (Å²) in [5.41, 5.74) is 4.28. The Kier molecular flexibility index (Phi) is 5.23. The third kappa shape index (κ3) is 4.02. The molecule has 0 saturated carbocycles. The lowest BCUT2D eigenvalue weighted by atomic mass is 10.1. The minimum atomic E-state index is -3.05. The molecule has 0 bridgehead atoms. The number of hydrogen-bond donors (Lipinski definition) is 1. The van der Waals surface area contributed by atoms with Gasteiger partial charge in [-0.25, -0.2) is 17.8 Å². The number of carbonyl (C=O) groups is 1. The predicted molar refractivity (Wildman–Crippen MR) is 115 cm³/mol. The van der Waals surface area contributed by atoms with Crippen molar-refractivity contribution in [3.05, 3.63) is 59.0 Å². The lowest BCUT2D eigenvalue weighted by Gasteiger charge is -2.14. The van der Waals surface area contributed by atoms with Crippen LogP contribution in [0.5, 0.6) is 0 Å². The van der Waals surface area contributed by atoms with Crippen LogP contribution >= 0.6 is 0 Å². The van der Waals surface area contributed by atoms with E-state index in [1.807, 2.05) is 55.8 Å². The van der Waals surface area contributed by atoms with Crippen molar-refractivity contribution in [2.45, 2.75) is 39.7 Å². The van der Waals surface area contributed by atoms with Gasteiger partial charge in [0.15, 0.2) is 9.84 Å². The van der Waals surface area contributed by atoms with Gasteiger partial charge in [0, 0.05) is 17.3 Å². The molecular formula is C21H25N5O3S. The molecule has 9 heteroatoms. The molecule has 30 heavy (non-hydrogen) atoms. The smallest absolute Gasteiger partial charge is 0.230 e. The van der Waals surface area contributed by atoms with E-state index in [-0.39, 0.29) is 29.9 Å². The van der Waals surface area contributed by atoms with Gasteiger partial charge in [-0.2, -0.15) is 10.2 Å².